The van der Waals surface area contributed by atoms with E-state index in [0.717, 1.165) is 22.4 Å². The van der Waals surface area contributed by atoms with Crippen LogP contribution in [0.3, 0.4) is 0 Å². The van der Waals surface area contributed by atoms with Gasteiger partial charge in [0.25, 0.3) is 5.91 Å². The summed E-state index contributed by atoms with van der Waals surface area (Å²) in [6.07, 6.45) is 1.36. The van der Waals surface area contributed by atoms with Gasteiger partial charge in [-0.2, -0.15) is 5.10 Å². The monoisotopic (exact) mass is 488 g/mol. The van der Waals surface area contributed by atoms with E-state index in [-0.39, 0.29) is 12.5 Å². The first-order valence-corrected chi connectivity index (χ1v) is 11.1. The van der Waals surface area contributed by atoms with Crippen LogP contribution < -0.4 is 25.5 Å². The van der Waals surface area contributed by atoms with Crippen molar-refractivity contribution in [2.24, 2.45) is 5.10 Å². The van der Waals surface area contributed by atoms with E-state index in [2.05, 4.69) is 21.2 Å². The molecule has 0 radical (unpaired) electrons. The van der Waals surface area contributed by atoms with Gasteiger partial charge >= 0.3 is 11.8 Å². The minimum absolute atomic E-state index is 0.205. The molecule has 0 unspecified atom stereocenters. The van der Waals surface area contributed by atoms with Crippen molar-refractivity contribution in [1.82, 2.24) is 5.43 Å². The third-order valence-electron chi connectivity index (χ3n) is 5.15. The number of benzene rings is 3. The van der Waals surface area contributed by atoms with Crippen molar-refractivity contribution in [3.05, 3.63) is 82.9 Å². The molecule has 0 bridgehead atoms. The lowest BCUT2D eigenvalue weighted by atomic mass is 10.1. The Morgan fingerprint density at radius 1 is 0.861 bits per heavy atom. The number of nitrogens with zero attached hydrogens (tertiary/aromatic N) is 1. The smallest absolute Gasteiger partial charge is 0.329 e. The SMILES string of the molecule is COc1cc(/C=N\NC(=O)C(=O)Nc2cccc(C)c2)ccc1OCC(=O)Nc1c(C)cccc1C. The maximum Gasteiger partial charge on any atom is 0.329 e. The first kappa shape index (κ1) is 26.0. The predicted octanol–water partition coefficient (Wildman–Crippen LogP) is 3.73. The average Bonchev–Trinajstić information content (AvgIpc) is 2.85. The third kappa shape index (κ3) is 7.17. The van der Waals surface area contributed by atoms with Crippen LogP contribution in [-0.4, -0.2) is 37.7 Å². The molecular formula is C27H28N4O5. The fourth-order valence-corrected chi connectivity index (χ4v) is 3.34. The summed E-state index contributed by atoms with van der Waals surface area (Å²) in [5, 5.41) is 9.19. The maximum absolute atomic E-state index is 12.4. The number of methoxy groups -OCH3 is 1. The molecule has 0 heterocycles. The second-order valence-electron chi connectivity index (χ2n) is 8.04. The molecule has 0 fully saturated rings. The summed E-state index contributed by atoms with van der Waals surface area (Å²) in [6.45, 7) is 5.52. The van der Waals surface area contributed by atoms with Gasteiger partial charge in [-0.3, -0.25) is 14.4 Å². The largest absolute Gasteiger partial charge is 0.493 e. The highest BCUT2D eigenvalue weighted by Crippen LogP contribution is 2.27. The van der Waals surface area contributed by atoms with Crippen molar-refractivity contribution in [2.75, 3.05) is 24.4 Å². The molecule has 0 aliphatic heterocycles. The number of carbonyl (C=O) groups is 3. The third-order valence-corrected chi connectivity index (χ3v) is 5.15. The van der Waals surface area contributed by atoms with Crippen LogP contribution in [0.15, 0.2) is 65.8 Å². The predicted molar refractivity (Wildman–Crippen MR) is 139 cm³/mol. The average molecular weight is 489 g/mol. The van der Waals surface area contributed by atoms with Crippen molar-refractivity contribution < 1.29 is 23.9 Å². The second-order valence-corrected chi connectivity index (χ2v) is 8.04. The normalized spacial score (nSPS) is 10.6. The summed E-state index contributed by atoms with van der Waals surface area (Å²) in [5.41, 5.74) is 6.92. The van der Waals surface area contributed by atoms with Gasteiger partial charge in [-0.1, -0.05) is 30.3 Å². The molecule has 0 spiro atoms. The molecule has 0 saturated heterocycles. The number of hydrazone groups is 1. The summed E-state index contributed by atoms with van der Waals surface area (Å²) in [4.78, 5) is 36.4. The van der Waals surface area contributed by atoms with Crippen LogP contribution in [0, 0.1) is 20.8 Å². The van der Waals surface area contributed by atoms with E-state index in [4.69, 9.17) is 9.47 Å². The zero-order chi connectivity index (χ0) is 26.1. The van der Waals surface area contributed by atoms with Crippen LogP contribution in [0.4, 0.5) is 11.4 Å². The lowest BCUT2D eigenvalue weighted by Crippen LogP contribution is -2.32. The van der Waals surface area contributed by atoms with Crippen LogP contribution in [0.2, 0.25) is 0 Å². The van der Waals surface area contributed by atoms with E-state index >= 15 is 0 Å². The summed E-state index contributed by atoms with van der Waals surface area (Å²) >= 11 is 0. The number of hydrogen-bond donors (Lipinski definition) is 3. The van der Waals surface area contributed by atoms with E-state index in [9.17, 15) is 14.4 Å². The Labute approximate surface area is 209 Å². The molecule has 0 aliphatic carbocycles. The lowest BCUT2D eigenvalue weighted by Gasteiger charge is -2.13. The Morgan fingerprint density at radius 3 is 2.28 bits per heavy atom. The Hall–Kier alpha value is -4.66. The number of nitrogens with one attached hydrogen (secondary N) is 3. The van der Waals surface area contributed by atoms with Gasteiger partial charge in [0.1, 0.15) is 0 Å². The van der Waals surface area contributed by atoms with Crippen molar-refractivity contribution in [3.63, 3.8) is 0 Å². The molecule has 186 valence electrons. The van der Waals surface area contributed by atoms with Gasteiger partial charge in [0.05, 0.1) is 13.3 Å². The molecule has 3 N–H and O–H groups in total. The summed E-state index contributed by atoms with van der Waals surface area (Å²) in [6, 6.07) is 17.8. The Balaban J connectivity index is 1.54. The highest BCUT2D eigenvalue weighted by atomic mass is 16.5. The molecule has 0 atom stereocenters. The minimum atomic E-state index is -0.908. The van der Waals surface area contributed by atoms with Gasteiger partial charge < -0.3 is 20.1 Å². The molecule has 0 saturated carbocycles. The molecular weight excluding hydrogens is 460 g/mol. The number of anilines is 2. The standard InChI is InChI=1S/C27H28N4O5/c1-17-7-5-10-21(13-17)29-26(33)27(34)31-28-15-20-11-12-22(23(14-20)35-4)36-16-24(32)30-25-18(2)8-6-9-19(25)3/h5-15H,16H2,1-4H3,(H,29,33)(H,30,32)(H,31,34)/b28-15-. The fraction of sp³-hybridized carbons (Fsp3) is 0.185. The molecule has 3 aromatic carbocycles. The van der Waals surface area contributed by atoms with Gasteiger partial charge in [-0.25, -0.2) is 5.43 Å². The van der Waals surface area contributed by atoms with Crippen LogP contribution in [-0.2, 0) is 14.4 Å². The number of hydrogen-bond acceptors (Lipinski definition) is 6. The second kappa shape index (κ2) is 12.2. The molecule has 3 amide bonds. The Bertz CT molecular complexity index is 1280. The van der Waals surface area contributed by atoms with Crippen molar-refractivity contribution in [3.8, 4) is 11.5 Å². The number of amides is 3. The number of ether oxygens (including phenoxy) is 2. The molecule has 3 rings (SSSR count). The maximum atomic E-state index is 12.4. The molecule has 3 aromatic rings. The zero-order valence-corrected chi connectivity index (χ0v) is 20.5. The van der Waals surface area contributed by atoms with Crippen molar-refractivity contribution in [2.45, 2.75) is 20.8 Å². The Morgan fingerprint density at radius 2 is 1.58 bits per heavy atom. The molecule has 0 aliphatic rings. The minimum Gasteiger partial charge on any atom is -0.493 e. The number of para-hydroxylation sites is 1. The molecule has 0 aromatic heterocycles. The first-order chi connectivity index (χ1) is 17.3. The zero-order valence-electron chi connectivity index (χ0n) is 20.5. The molecule has 9 nitrogen and oxygen atoms in total. The van der Waals surface area contributed by atoms with E-state index in [1.165, 1.54) is 13.3 Å². The van der Waals surface area contributed by atoms with Gasteiger partial charge in [0.15, 0.2) is 18.1 Å². The van der Waals surface area contributed by atoms with Crippen LogP contribution in [0.1, 0.15) is 22.3 Å². The first-order valence-electron chi connectivity index (χ1n) is 11.1. The van der Waals surface area contributed by atoms with Crippen LogP contribution in [0.5, 0.6) is 11.5 Å². The van der Waals surface area contributed by atoms with E-state index < -0.39 is 11.8 Å². The van der Waals surface area contributed by atoms with Crippen molar-refractivity contribution in [1.29, 1.82) is 0 Å². The van der Waals surface area contributed by atoms with Crippen LogP contribution in [0.25, 0.3) is 0 Å². The fourth-order valence-electron chi connectivity index (χ4n) is 3.34. The highest BCUT2D eigenvalue weighted by Gasteiger charge is 2.13. The van der Waals surface area contributed by atoms with Gasteiger partial charge in [0.2, 0.25) is 0 Å². The number of carbonyl (C=O) groups excluding carboxylic acids is 3. The lowest BCUT2D eigenvalue weighted by molar-refractivity contribution is -0.136. The Kier molecular flexibility index (Phi) is 8.77. The summed E-state index contributed by atoms with van der Waals surface area (Å²) in [5.74, 6) is -1.30. The van der Waals surface area contributed by atoms with Crippen molar-refractivity contribution >= 4 is 35.3 Å². The van der Waals surface area contributed by atoms with Crippen LogP contribution >= 0.6 is 0 Å². The van der Waals surface area contributed by atoms with E-state index in [1.54, 1.807) is 36.4 Å². The topological polar surface area (TPSA) is 118 Å². The summed E-state index contributed by atoms with van der Waals surface area (Å²) < 4.78 is 11.0. The summed E-state index contributed by atoms with van der Waals surface area (Å²) in [7, 11) is 1.47. The molecule has 9 heteroatoms. The van der Waals surface area contributed by atoms with E-state index in [1.807, 2.05) is 45.0 Å². The van der Waals surface area contributed by atoms with E-state index in [0.29, 0.717) is 22.7 Å². The quantitative estimate of drug-likeness (QED) is 0.254. The highest BCUT2D eigenvalue weighted by molar-refractivity contribution is 6.39. The number of aryl methyl sites for hydroxylation is 3. The van der Waals surface area contributed by atoms with Gasteiger partial charge in [0, 0.05) is 11.4 Å². The van der Waals surface area contributed by atoms with Gasteiger partial charge in [-0.15, -0.1) is 0 Å². The van der Waals surface area contributed by atoms with Gasteiger partial charge in [-0.05, 0) is 73.4 Å². The number of rotatable bonds is 8. The molecule has 36 heavy (non-hydrogen) atoms.